The van der Waals surface area contributed by atoms with Gasteiger partial charge in [0.1, 0.15) is 0 Å². The summed E-state index contributed by atoms with van der Waals surface area (Å²) in [5, 5.41) is 1.18. The van der Waals surface area contributed by atoms with Gasteiger partial charge in [-0.1, -0.05) is 34.1 Å². The van der Waals surface area contributed by atoms with Crippen LogP contribution in [0.2, 0.25) is 0 Å². The summed E-state index contributed by atoms with van der Waals surface area (Å²) in [6, 6.07) is 13.2. The highest BCUT2D eigenvalue weighted by Crippen LogP contribution is 2.35. The number of hydrogen-bond acceptors (Lipinski definition) is 2. The zero-order chi connectivity index (χ0) is 17.1. The molecule has 25 heavy (non-hydrogen) atoms. The van der Waals surface area contributed by atoms with Crippen molar-refractivity contribution in [1.29, 1.82) is 0 Å². The Bertz CT molecular complexity index is 1020. The number of aryl methyl sites for hydroxylation is 1. The Morgan fingerprint density at radius 2 is 1.76 bits per heavy atom. The first-order valence-electron chi connectivity index (χ1n) is 8.39. The first kappa shape index (κ1) is 14.9. The van der Waals surface area contributed by atoms with Crippen molar-refractivity contribution in [2.75, 3.05) is 0 Å². The molecular formula is C20H15BrN2O2. The average molecular weight is 395 g/mol. The number of fused-ring (bicyclic) bond motifs is 4. The summed E-state index contributed by atoms with van der Waals surface area (Å²) in [5.74, 6) is -0.312. The maximum absolute atomic E-state index is 12.8. The minimum absolute atomic E-state index is 0.0810. The second kappa shape index (κ2) is 5.30. The van der Waals surface area contributed by atoms with Crippen LogP contribution in [0, 0.1) is 0 Å². The molecule has 0 saturated carbocycles. The number of H-pyrrole nitrogens is 1. The Balaban J connectivity index is 1.53. The number of nitrogens with one attached hydrogen (secondary N) is 1. The van der Waals surface area contributed by atoms with Crippen LogP contribution in [0.15, 0.2) is 46.9 Å². The first-order valence-corrected chi connectivity index (χ1v) is 9.18. The molecule has 2 amide bonds. The van der Waals surface area contributed by atoms with Crippen LogP contribution in [-0.4, -0.2) is 27.7 Å². The van der Waals surface area contributed by atoms with Crippen LogP contribution >= 0.6 is 15.9 Å². The Morgan fingerprint density at radius 1 is 1.04 bits per heavy atom. The van der Waals surface area contributed by atoms with Crippen molar-refractivity contribution in [3.8, 4) is 0 Å². The normalized spacial score (nSPS) is 19.4. The second-order valence-corrected chi connectivity index (χ2v) is 7.61. The topological polar surface area (TPSA) is 53.2 Å². The van der Waals surface area contributed by atoms with E-state index < -0.39 is 0 Å². The SMILES string of the molecule is O=C1c2ccccc2C(=O)N1C1CCc2[nH]c3cc(Br)ccc3c2C1. The summed E-state index contributed by atoms with van der Waals surface area (Å²) in [7, 11) is 0. The highest BCUT2D eigenvalue weighted by atomic mass is 79.9. The molecule has 1 atom stereocenters. The van der Waals surface area contributed by atoms with Gasteiger partial charge in [0, 0.05) is 27.1 Å². The third-order valence-electron chi connectivity index (χ3n) is 5.31. The van der Waals surface area contributed by atoms with Gasteiger partial charge in [0.05, 0.1) is 11.1 Å². The summed E-state index contributed by atoms with van der Waals surface area (Å²) in [4.78, 5) is 30.5. The fourth-order valence-corrected chi connectivity index (χ4v) is 4.50. The molecule has 0 fully saturated rings. The molecular weight excluding hydrogens is 380 g/mol. The number of benzene rings is 2. The van der Waals surface area contributed by atoms with Crippen LogP contribution in [0.5, 0.6) is 0 Å². The number of rotatable bonds is 1. The molecule has 3 aromatic rings. The van der Waals surface area contributed by atoms with Gasteiger partial charge in [0.2, 0.25) is 0 Å². The zero-order valence-corrected chi connectivity index (χ0v) is 15.0. The molecule has 0 bridgehead atoms. The highest BCUT2D eigenvalue weighted by molar-refractivity contribution is 9.10. The number of carbonyl (C=O) groups is 2. The number of amides is 2. The van der Waals surface area contributed by atoms with Crippen LogP contribution in [0.4, 0.5) is 0 Å². The molecule has 2 aliphatic rings. The number of aromatic amines is 1. The van der Waals surface area contributed by atoms with E-state index in [2.05, 4.69) is 33.0 Å². The van der Waals surface area contributed by atoms with Gasteiger partial charge in [0.15, 0.2) is 0 Å². The van der Waals surface area contributed by atoms with Crippen molar-refractivity contribution >= 4 is 38.6 Å². The van der Waals surface area contributed by atoms with Gasteiger partial charge in [0.25, 0.3) is 11.8 Å². The quantitative estimate of drug-likeness (QED) is 0.632. The second-order valence-electron chi connectivity index (χ2n) is 6.69. The minimum atomic E-state index is -0.156. The fourth-order valence-electron chi connectivity index (χ4n) is 4.14. The average Bonchev–Trinajstić information content (AvgIpc) is 3.10. The van der Waals surface area contributed by atoms with Crippen molar-refractivity contribution in [2.45, 2.75) is 25.3 Å². The van der Waals surface area contributed by atoms with E-state index in [0.717, 1.165) is 22.8 Å². The molecule has 5 rings (SSSR count). The van der Waals surface area contributed by atoms with Gasteiger partial charge >= 0.3 is 0 Å². The lowest BCUT2D eigenvalue weighted by Gasteiger charge is -2.29. The van der Waals surface area contributed by atoms with Crippen LogP contribution in [-0.2, 0) is 12.8 Å². The van der Waals surface area contributed by atoms with Crippen molar-refractivity contribution < 1.29 is 9.59 Å². The molecule has 0 spiro atoms. The van der Waals surface area contributed by atoms with Crippen molar-refractivity contribution in [3.63, 3.8) is 0 Å². The van der Waals surface area contributed by atoms with E-state index in [-0.39, 0.29) is 17.9 Å². The molecule has 1 unspecified atom stereocenters. The monoisotopic (exact) mass is 394 g/mol. The summed E-state index contributed by atoms with van der Waals surface area (Å²) in [6.45, 7) is 0. The summed E-state index contributed by atoms with van der Waals surface area (Å²) < 4.78 is 1.04. The van der Waals surface area contributed by atoms with E-state index in [9.17, 15) is 9.59 Å². The lowest BCUT2D eigenvalue weighted by atomic mass is 9.90. The van der Waals surface area contributed by atoms with Gasteiger partial charge in [-0.15, -0.1) is 0 Å². The van der Waals surface area contributed by atoms with E-state index in [1.807, 2.05) is 18.2 Å². The number of aromatic nitrogens is 1. The van der Waals surface area contributed by atoms with E-state index in [1.54, 1.807) is 12.1 Å². The molecule has 2 heterocycles. The standard InChI is InChI=1S/C20H15BrN2O2/c21-11-5-7-13-16-10-12(6-8-17(16)22-18(13)9-11)23-19(24)14-3-1-2-4-15(14)20(23)25/h1-5,7,9,12,22H,6,8,10H2. The molecule has 1 aliphatic heterocycles. The Kier molecular flexibility index (Phi) is 3.16. The highest BCUT2D eigenvalue weighted by Gasteiger charge is 2.41. The molecule has 4 nitrogen and oxygen atoms in total. The first-order chi connectivity index (χ1) is 12.1. The van der Waals surface area contributed by atoms with Crippen molar-refractivity contribution in [2.24, 2.45) is 0 Å². The van der Waals surface area contributed by atoms with E-state index >= 15 is 0 Å². The Morgan fingerprint density at radius 3 is 2.48 bits per heavy atom. The number of carbonyl (C=O) groups excluding carboxylic acids is 2. The van der Waals surface area contributed by atoms with Crippen LogP contribution in [0.3, 0.4) is 0 Å². The molecule has 1 N–H and O–H groups in total. The van der Waals surface area contributed by atoms with E-state index in [4.69, 9.17) is 0 Å². The number of halogens is 1. The van der Waals surface area contributed by atoms with Gasteiger partial charge in [-0.05, 0) is 49.1 Å². The van der Waals surface area contributed by atoms with Crippen LogP contribution in [0.25, 0.3) is 10.9 Å². The fraction of sp³-hybridized carbons (Fsp3) is 0.200. The van der Waals surface area contributed by atoms with Gasteiger partial charge in [-0.3, -0.25) is 14.5 Å². The third-order valence-corrected chi connectivity index (χ3v) is 5.81. The molecule has 0 saturated heterocycles. The largest absolute Gasteiger partial charge is 0.358 e. The van der Waals surface area contributed by atoms with Crippen molar-refractivity contribution in [3.05, 3.63) is 69.3 Å². The van der Waals surface area contributed by atoms with Crippen molar-refractivity contribution in [1.82, 2.24) is 9.88 Å². The predicted molar refractivity (Wildman–Crippen MR) is 98.8 cm³/mol. The maximum atomic E-state index is 12.8. The summed E-state index contributed by atoms with van der Waals surface area (Å²) in [6.07, 6.45) is 2.36. The maximum Gasteiger partial charge on any atom is 0.261 e. The Labute approximate surface area is 153 Å². The number of hydrogen-bond donors (Lipinski definition) is 1. The smallest absolute Gasteiger partial charge is 0.261 e. The minimum Gasteiger partial charge on any atom is -0.358 e. The molecule has 5 heteroatoms. The zero-order valence-electron chi connectivity index (χ0n) is 13.4. The van der Waals surface area contributed by atoms with Crippen LogP contribution in [0.1, 0.15) is 38.4 Å². The van der Waals surface area contributed by atoms with E-state index in [0.29, 0.717) is 17.5 Å². The van der Waals surface area contributed by atoms with Gasteiger partial charge in [-0.25, -0.2) is 0 Å². The van der Waals surface area contributed by atoms with E-state index in [1.165, 1.54) is 21.5 Å². The lowest BCUT2D eigenvalue weighted by Crippen LogP contribution is -2.43. The predicted octanol–water partition coefficient (Wildman–Crippen LogP) is 4.08. The summed E-state index contributed by atoms with van der Waals surface area (Å²) >= 11 is 3.51. The summed E-state index contributed by atoms with van der Waals surface area (Å²) in [5.41, 5.74) is 4.61. The Hall–Kier alpha value is -2.40. The van der Waals surface area contributed by atoms with Crippen LogP contribution < -0.4 is 0 Å². The number of nitrogens with zero attached hydrogens (tertiary/aromatic N) is 1. The molecule has 2 aromatic carbocycles. The van der Waals surface area contributed by atoms with Gasteiger partial charge in [-0.2, -0.15) is 0 Å². The van der Waals surface area contributed by atoms with Gasteiger partial charge < -0.3 is 4.98 Å². The molecule has 0 radical (unpaired) electrons. The molecule has 1 aromatic heterocycles. The molecule has 124 valence electrons. The lowest BCUT2D eigenvalue weighted by molar-refractivity contribution is 0.0571. The molecule has 1 aliphatic carbocycles. The number of imide groups is 1. The third kappa shape index (κ3) is 2.12.